The number of imidazole rings is 1. The number of carboxylic acid groups (broad SMARTS) is 1. The molecule has 13 heteroatoms. The van der Waals surface area contributed by atoms with E-state index in [0.29, 0.717) is 29.0 Å². The highest BCUT2D eigenvalue weighted by Crippen LogP contribution is 2.38. The fraction of sp³-hybridized carbons (Fsp3) is 0.357. The van der Waals surface area contributed by atoms with E-state index >= 15 is 0 Å². The molecule has 0 spiro atoms. The smallest absolute Gasteiger partial charge is 0.404 e. The van der Waals surface area contributed by atoms with Crippen LogP contribution in [0.4, 0.5) is 22.2 Å². The van der Waals surface area contributed by atoms with E-state index in [-0.39, 0.29) is 6.04 Å². The van der Waals surface area contributed by atoms with Crippen LogP contribution in [0.5, 0.6) is 11.5 Å². The molecule has 5 heterocycles. The van der Waals surface area contributed by atoms with Crippen LogP contribution in [-0.2, 0) is 0 Å². The SMILES string of the molecule is COc1cc(OC)c(-c2cn3ccc(N4CCN(c5ccnc(N6CCC(NC(=O)O)C6)n5)CC4)cc3n2)cc1Cl. The maximum atomic E-state index is 11.0. The molecule has 1 amide bonds. The predicted octanol–water partition coefficient (Wildman–Crippen LogP) is 3.63. The number of fused-ring (bicyclic) bond motifs is 1. The third-order valence-electron chi connectivity index (χ3n) is 7.59. The Bertz CT molecular complexity index is 1570. The van der Waals surface area contributed by atoms with E-state index in [2.05, 4.69) is 32.2 Å². The fourth-order valence-electron chi connectivity index (χ4n) is 5.45. The normalized spacial score (nSPS) is 17.2. The molecule has 214 valence electrons. The fourth-order valence-corrected chi connectivity index (χ4v) is 5.69. The number of benzene rings is 1. The number of ether oxygens (including phenoxy) is 2. The zero-order chi connectivity index (χ0) is 28.5. The van der Waals surface area contributed by atoms with Crippen molar-refractivity contribution < 1.29 is 19.4 Å². The second kappa shape index (κ2) is 11.2. The molecular weight excluding hydrogens is 548 g/mol. The highest BCUT2D eigenvalue weighted by Gasteiger charge is 2.27. The summed E-state index contributed by atoms with van der Waals surface area (Å²) in [5.41, 5.74) is 3.49. The number of halogens is 1. The highest BCUT2D eigenvalue weighted by atomic mass is 35.5. The summed E-state index contributed by atoms with van der Waals surface area (Å²) in [4.78, 5) is 31.7. The van der Waals surface area contributed by atoms with E-state index in [0.717, 1.165) is 67.6 Å². The van der Waals surface area contributed by atoms with Gasteiger partial charge in [0.05, 0.1) is 31.0 Å². The van der Waals surface area contributed by atoms with Crippen LogP contribution in [0, 0.1) is 0 Å². The Morgan fingerprint density at radius 1 is 1.00 bits per heavy atom. The Labute approximate surface area is 242 Å². The first-order valence-corrected chi connectivity index (χ1v) is 13.8. The van der Waals surface area contributed by atoms with Crippen LogP contribution in [0.25, 0.3) is 16.9 Å². The monoisotopic (exact) mass is 578 g/mol. The number of hydrogen-bond donors (Lipinski definition) is 2. The van der Waals surface area contributed by atoms with Gasteiger partial charge in [-0.1, -0.05) is 11.6 Å². The Hall–Kier alpha value is -4.45. The Morgan fingerprint density at radius 3 is 2.54 bits per heavy atom. The van der Waals surface area contributed by atoms with Crippen molar-refractivity contribution in [2.75, 3.05) is 68.2 Å². The molecule has 1 aromatic carbocycles. The molecule has 3 aromatic heterocycles. The minimum absolute atomic E-state index is 0.108. The summed E-state index contributed by atoms with van der Waals surface area (Å²) in [5.74, 6) is 2.70. The third kappa shape index (κ3) is 5.47. The molecule has 2 aliphatic rings. The van der Waals surface area contributed by atoms with Gasteiger partial charge in [-0.3, -0.25) is 0 Å². The van der Waals surface area contributed by atoms with Crippen molar-refractivity contribution in [1.29, 1.82) is 0 Å². The molecule has 2 fully saturated rings. The van der Waals surface area contributed by atoms with Crippen molar-refractivity contribution in [1.82, 2.24) is 24.7 Å². The van der Waals surface area contributed by atoms with Crippen molar-refractivity contribution in [2.24, 2.45) is 0 Å². The van der Waals surface area contributed by atoms with Crippen molar-refractivity contribution in [3.8, 4) is 22.8 Å². The van der Waals surface area contributed by atoms with Gasteiger partial charge in [0.15, 0.2) is 0 Å². The summed E-state index contributed by atoms with van der Waals surface area (Å²) in [7, 11) is 3.19. The van der Waals surface area contributed by atoms with Crippen LogP contribution in [0.15, 0.2) is 48.9 Å². The van der Waals surface area contributed by atoms with E-state index in [1.165, 1.54) is 0 Å². The van der Waals surface area contributed by atoms with Crippen LogP contribution >= 0.6 is 11.6 Å². The minimum atomic E-state index is -1.00. The molecular formula is C28H31ClN8O4. The van der Waals surface area contributed by atoms with E-state index in [9.17, 15) is 4.79 Å². The average molecular weight is 579 g/mol. The van der Waals surface area contributed by atoms with Gasteiger partial charge in [0.1, 0.15) is 23.0 Å². The predicted molar refractivity (Wildman–Crippen MR) is 157 cm³/mol. The second-order valence-corrected chi connectivity index (χ2v) is 10.4. The van der Waals surface area contributed by atoms with Gasteiger partial charge < -0.3 is 39.0 Å². The number of piperazine rings is 1. The lowest BCUT2D eigenvalue weighted by atomic mass is 10.1. The largest absolute Gasteiger partial charge is 0.496 e. The van der Waals surface area contributed by atoms with Crippen molar-refractivity contribution >= 4 is 40.8 Å². The second-order valence-electron chi connectivity index (χ2n) is 10.0. The van der Waals surface area contributed by atoms with Gasteiger partial charge in [0.2, 0.25) is 5.95 Å². The van der Waals surface area contributed by atoms with E-state index in [1.807, 2.05) is 33.8 Å². The number of carbonyl (C=O) groups is 1. The molecule has 4 aromatic rings. The van der Waals surface area contributed by atoms with Crippen molar-refractivity contribution in [3.05, 3.63) is 53.9 Å². The minimum Gasteiger partial charge on any atom is -0.496 e. The molecule has 2 aliphatic heterocycles. The van der Waals surface area contributed by atoms with Gasteiger partial charge in [-0.15, -0.1) is 0 Å². The zero-order valence-corrected chi connectivity index (χ0v) is 23.6. The number of anilines is 3. The van der Waals surface area contributed by atoms with Gasteiger partial charge >= 0.3 is 6.09 Å². The Morgan fingerprint density at radius 2 is 1.78 bits per heavy atom. The number of amides is 1. The Kier molecular flexibility index (Phi) is 7.31. The summed E-state index contributed by atoms with van der Waals surface area (Å²) in [6, 6.07) is 9.60. The lowest BCUT2D eigenvalue weighted by Gasteiger charge is -2.36. The number of hydrogen-bond acceptors (Lipinski definition) is 9. The Balaban J connectivity index is 1.14. The van der Waals surface area contributed by atoms with Crippen LogP contribution in [0.1, 0.15) is 6.42 Å². The quantitative estimate of drug-likeness (QED) is 0.336. The molecule has 1 unspecified atom stereocenters. The van der Waals surface area contributed by atoms with E-state index in [4.69, 9.17) is 36.1 Å². The van der Waals surface area contributed by atoms with Gasteiger partial charge in [0, 0.05) is 81.2 Å². The molecule has 12 nitrogen and oxygen atoms in total. The summed E-state index contributed by atoms with van der Waals surface area (Å²) in [6.07, 6.45) is 5.49. The van der Waals surface area contributed by atoms with Gasteiger partial charge in [-0.05, 0) is 24.6 Å². The summed E-state index contributed by atoms with van der Waals surface area (Å²) in [5, 5.41) is 12.1. The molecule has 0 bridgehead atoms. The van der Waals surface area contributed by atoms with E-state index in [1.54, 1.807) is 26.5 Å². The summed E-state index contributed by atoms with van der Waals surface area (Å²) >= 11 is 6.40. The number of aromatic nitrogens is 4. The number of rotatable bonds is 7. The molecule has 0 saturated carbocycles. The first-order valence-electron chi connectivity index (χ1n) is 13.4. The molecule has 0 radical (unpaired) electrons. The maximum absolute atomic E-state index is 11.0. The zero-order valence-electron chi connectivity index (χ0n) is 22.8. The van der Waals surface area contributed by atoms with Crippen molar-refractivity contribution in [2.45, 2.75) is 12.5 Å². The highest BCUT2D eigenvalue weighted by molar-refractivity contribution is 6.32. The van der Waals surface area contributed by atoms with Crippen LogP contribution < -0.4 is 29.5 Å². The number of pyridine rings is 1. The molecule has 0 aliphatic carbocycles. The van der Waals surface area contributed by atoms with Crippen LogP contribution in [-0.4, -0.2) is 90.1 Å². The van der Waals surface area contributed by atoms with Crippen LogP contribution in [0.2, 0.25) is 5.02 Å². The first-order chi connectivity index (χ1) is 19.9. The first kappa shape index (κ1) is 26.8. The lowest BCUT2D eigenvalue weighted by molar-refractivity contribution is 0.191. The molecule has 2 N–H and O–H groups in total. The number of methoxy groups -OCH3 is 2. The van der Waals surface area contributed by atoms with Gasteiger partial charge in [-0.25, -0.2) is 14.8 Å². The van der Waals surface area contributed by atoms with Gasteiger partial charge in [0.25, 0.3) is 0 Å². The molecule has 6 rings (SSSR count). The van der Waals surface area contributed by atoms with Gasteiger partial charge in [-0.2, -0.15) is 4.98 Å². The molecule has 41 heavy (non-hydrogen) atoms. The average Bonchev–Trinajstić information content (AvgIpc) is 3.63. The van der Waals surface area contributed by atoms with Crippen molar-refractivity contribution in [3.63, 3.8) is 0 Å². The lowest BCUT2D eigenvalue weighted by Crippen LogP contribution is -2.47. The molecule has 1 atom stereocenters. The van der Waals surface area contributed by atoms with E-state index < -0.39 is 6.09 Å². The maximum Gasteiger partial charge on any atom is 0.404 e. The standard InChI is InChI=1S/C28H31ClN8O4/c1-40-23-15-24(41-2)21(29)14-20(23)22-17-36-8-5-19(13-26(36)32-22)34-9-11-35(12-10-34)25-3-6-30-27(33-25)37-7-4-18(16-37)31-28(38)39/h3,5-6,8,13-15,17-18,31H,4,7,9-12,16H2,1-2H3,(H,38,39). The number of nitrogens with zero attached hydrogens (tertiary/aromatic N) is 7. The summed E-state index contributed by atoms with van der Waals surface area (Å²) in [6.45, 7) is 4.58. The van der Waals surface area contributed by atoms with Crippen LogP contribution in [0.3, 0.4) is 0 Å². The topological polar surface area (TPSA) is 121 Å². The molecule has 2 saturated heterocycles. The summed E-state index contributed by atoms with van der Waals surface area (Å²) < 4.78 is 12.9. The third-order valence-corrected chi connectivity index (χ3v) is 7.88. The number of nitrogens with one attached hydrogen (secondary N) is 1.